The number of thiocarbonyl (C=S) groups is 1. The highest BCUT2D eigenvalue weighted by Gasteiger charge is 2.10. The molecule has 3 aromatic rings. The van der Waals surface area contributed by atoms with Crippen molar-refractivity contribution in [2.75, 3.05) is 0 Å². The van der Waals surface area contributed by atoms with E-state index in [4.69, 9.17) is 18.0 Å². The molecule has 3 rings (SSSR count). The van der Waals surface area contributed by atoms with E-state index >= 15 is 0 Å². The van der Waals surface area contributed by atoms with E-state index in [-0.39, 0.29) is 17.1 Å². The molecule has 0 saturated heterocycles. The lowest BCUT2D eigenvalue weighted by molar-refractivity contribution is 0.625. The van der Waals surface area contributed by atoms with Gasteiger partial charge in [-0.2, -0.15) is 5.10 Å². The second kappa shape index (κ2) is 5.10. The van der Waals surface area contributed by atoms with E-state index in [0.717, 1.165) is 0 Å². The standard InChI is InChI=1S/C14H11FN4OS/c15-10-2-1-9(11(7-10)13(16)21)8-18-5-6-19-12(14(18)20)3-4-17-19/h1-7H,8H2,(H2,16,21). The van der Waals surface area contributed by atoms with Gasteiger partial charge in [0, 0.05) is 18.0 Å². The SMILES string of the molecule is NC(=S)c1cc(F)ccc1Cn1ccn2nccc2c1=O. The Hall–Kier alpha value is -2.54. The quantitative estimate of drug-likeness (QED) is 0.741. The summed E-state index contributed by atoms with van der Waals surface area (Å²) in [5, 5.41) is 4.00. The van der Waals surface area contributed by atoms with Gasteiger partial charge in [-0.05, 0) is 23.8 Å². The Kier molecular flexibility index (Phi) is 3.26. The van der Waals surface area contributed by atoms with Gasteiger partial charge in [-0.15, -0.1) is 0 Å². The fourth-order valence-electron chi connectivity index (χ4n) is 2.18. The Labute approximate surface area is 124 Å². The first-order valence-electron chi connectivity index (χ1n) is 6.17. The highest BCUT2D eigenvalue weighted by molar-refractivity contribution is 7.80. The molecular formula is C14H11FN4OS. The molecule has 106 valence electrons. The van der Waals surface area contributed by atoms with Gasteiger partial charge in [-0.3, -0.25) is 4.79 Å². The van der Waals surface area contributed by atoms with Gasteiger partial charge in [0.2, 0.25) is 0 Å². The highest BCUT2D eigenvalue weighted by atomic mass is 32.1. The molecule has 2 heterocycles. The molecule has 0 aliphatic rings. The molecule has 1 aromatic carbocycles. The molecule has 0 unspecified atom stereocenters. The Balaban J connectivity index is 2.08. The van der Waals surface area contributed by atoms with Gasteiger partial charge in [0.25, 0.3) is 5.56 Å². The van der Waals surface area contributed by atoms with Crippen molar-refractivity contribution in [2.24, 2.45) is 5.73 Å². The van der Waals surface area contributed by atoms with Crippen LogP contribution in [0.1, 0.15) is 11.1 Å². The van der Waals surface area contributed by atoms with Crippen LogP contribution in [-0.2, 0) is 6.54 Å². The molecule has 5 nitrogen and oxygen atoms in total. The van der Waals surface area contributed by atoms with Crippen LogP contribution in [0.25, 0.3) is 5.52 Å². The number of nitrogens with two attached hydrogens (primary N) is 1. The molecule has 2 aromatic heterocycles. The maximum atomic E-state index is 13.3. The summed E-state index contributed by atoms with van der Waals surface area (Å²) in [5.41, 5.74) is 7.02. The van der Waals surface area contributed by atoms with Crippen LogP contribution >= 0.6 is 12.2 Å². The number of nitrogens with zero attached hydrogens (tertiary/aromatic N) is 3. The Bertz CT molecular complexity index is 899. The van der Waals surface area contributed by atoms with Crippen LogP contribution in [0.2, 0.25) is 0 Å². The van der Waals surface area contributed by atoms with E-state index in [1.54, 1.807) is 30.7 Å². The summed E-state index contributed by atoms with van der Waals surface area (Å²) in [5.74, 6) is -0.417. The van der Waals surface area contributed by atoms with Crippen molar-refractivity contribution >= 4 is 22.7 Å². The van der Waals surface area contributed by atoms with Gasteiger partial charge in [0.05, 0.1) is 12.7 Å². The topological polar surface area (TPSA) is 65.3 Å². The van der Waals surface area contributed by atoms with Gasteiger partial charge in [-0.1, -0.05) is 18.3 Å². The fraction of sp³-hybridized carbons (Fsp3) is 0.0714. The minimum atomic E-state index is -0.417. The van der Waals surface area contributed by atoms with Crippen LogP contribution in [0.4, 0.5) is 4.39 Å². The molecule has 0 radical (unpaired) electrons. The van der Waals surface area contributed by atoms with Gasteiger partial charge in [0.1, 0.15) is 16.3 Å². The molecular weight excluding hydrogens is 291 g/mol. The summed E-state index contributed by atoms with van der Waals surface area (Å²) >= 11 is 4.93. The fourth-order valence-corrected chi connectivity index (χ4v) is 2.37. The monoisotopic (exact) mass is 302 g/mol. The van der Waals surface area contributed by atoms with Crippen molar-refractivity contribution in [3.8, 4) is 0 Å². The lowest BCUT2D eigenvalue weighted by Crippen LogP contribution is -2.23. The van der Waals surface area contributed by atoms with Crippen molar-refractivity contribution in [2.45, 2.75) is 6.54 Å². The Morgan fingerprint density at radius 1 is 1.33 bits per heavy atom. The third-order valence-corrected chi connectivity index (χ3v) is 3.44. The predicted molar refractivity (Wildman–Crippen MR) is 80.8 cm³/mol. The van der Waals surface area contributed by atoms with Crippen molar-refractivity contribution in [3.05, 3.63) is 70.2 Å². The summed E-state index contributed by atoms with van der Waals surface area (Å²) in [7, 11) is 0. The largest absolute Gasteiger partial charge is 0.389 e. The second-order valence-corrected chi connectivity index (χ2v) is 5.00. The van der Waals surface area contributed by atoms with Crippen LogP contribution in [-0.4, -0.2) is 19.2 Å². The maximum absolute atomic E-state index is 13.3. The molecule has 0 amide bonds. The first kappa shape index (κ1) is 13.4. The molecule has 7 heteroatoms. The van der Waals surface area contributed by atoms with Gasteiger partial charge < -0.3 is 10.3 Å². The molecule has 0 saturated carbocycles. The number of fused-ring (bicyclic) bond motifs is 1. The zero-order valence-electron chi connectivity index (χ0n) is 10.9. The molecule has 2 N–H and O–H groups in total. The van der Waals surface area contributed by atoms with Crippen molar-refractivity contribution < 1.29 is 4.39 Å². The average molecular weight is 302 g/mol. The van der Waals surface area contributed by atoms with Gasteiger partial charge >= 0.3 is 0 Å². The van der Waals surface area contributed by atoms with Crippen LogP contribution in [0.15, 0.2) is 47.7 Å². The zero-order valence-corrected chi connectivity index (χ0v) is 11.7. The summed E-state index contributed by atoms with van der Waals surface area (Å²) in [4.78, 5) is 12.4. The molecule has 0 aliphatic heterocycles. The Morgan fingerprint density at radius 2 is 2.14 bits per heavy atom. The lowest BCUT2D eigenvalue weighted by Gasteiger charge is -2.11. The second-order valence-electron chi connectivity index (χ2n) is 4.56. The summed E-state index contributed by atoms with van der Waals surface area (Å²) in [6, 6.07) is 5.81. The van der Waals surface area contributed by atoms with E-state index in [2.05, 4.69) is 5.10 Å². The molecule has 0 bridgehead atoms. The van der Waals surface area contributed by atoms with Crippen molar-refractivity contribution in [1.29, 1.82) is 0 Å². The summed E-state index contributed by atoms with van der Waals surface area (Å²) < 4.78 is 16.3. The molecule has 0 spiro atoms. The third-order valence-electron chi connectivity index (χ3n) is 3.22. The Morgan fingerprint density at radius 3 is 2.90 bits per heavy atom. The van der Waals surface area contributed by atoms with E-state index in [9.17, 15) is 9.18 Å². The summed E-state index contributed by atoms with van der Waals surface area (Å²) in [6.07, 6.45) is 4.86. The molecule has 0 fully saturated rings. The highest BCUT2D eigenvalue weighted by Crippen LogP contribution is 2.12. The number of halogens is 1. The molecule has 0 aliphatic carbocycles. The maximum Gasteiger partial charge on any atom is 0.276 e. The molecule has 21 heavy (non-hydrogen) atoms. The van der Waals surface area contributed by atoms with Crippen LogP contribution < -0.4 is 11.3 Å². The number of benzene rings is 1. The molecule has 0 atom stereocenters. The third kappa shape index (κ3) is 2.43. The lowest BCUT2D eigenvalue weighted by atomic mass is 10.1. The average Bonchev–Trinajstić information content (AvgIpc) is 2.92. The van der Waals surface area contributed by atoms with Crippen LogP contribution in [0.3, 0.4) is 0 Å². The van der Waals surface area contributed by atoms with Gasteiger partial charge in [0.15, 0.2) is 0 Å². The van der Waals surface area contributed by atoms with Crippen molar-refractivity contribution in [1.82, 2.24) is 14.2 Å². The number of aromatic nitrogens is 3. The zero-order chi connectivity index (χ0) is 15.0. The number of hydrogen-bond donors (Lipinski definition) is 1. The van der Waals surface area contributed by atoms with E-state index in [1.807, 2.05) is 0 Å². The minimum absolute atomic E-state index is 0.1000. The summed E-state index contributed by atoms with van der Waals surface area (Å²) in [6.45, 7) is 0.257. The van der Waals surface area contributed by atoms with Crippen molar-refractivity contribution in [3.63, 3.8) is 0 Å². The smallest absolute Gasteiger partial charge is 0.276 e. The predicted octanol–water partition coefficient (Wildman–Crippen LogP) is 1.32. The normalized spacial score (nSPS) is 10.9. The first-order valence-corrected chi connectivity index (χ1v) is 6.58. The minimum Gasteiger partial charge on any atom is -0.389 e. The van der Waals surface area contributed by atoms with Crippen LogP contribution in [0.5, 0.6) is 0 Å². The first-order chi connectivity index (χ1) is 10.1. The number of hydrogen-bond acceptors (Lipinski definition) is 3. The van der Waals surface area contributed by atoms with Gasteiger partial charge in [-0.25, -0.2) is 8.91 Å². The number of rotatable bonds is 3. The van der Waals surface area contributed by atoms with Crippen LogP contribution in [0, 0.1) is 5.82 Å². The van der Waals surface area contributed by atoms with E-state index in [0.29, 0.717) is 16.6 Å². The van der Waals surface area contributed by atoms with E-state index < -0.39 is 5.82 Å². The van der Waals surface area contributed by atoms with E-state index in [1.165, 1.54) is 21.2 Å².